The number of benzene rings is 3. The number of ether oxygens (including phenoxy) is 4. The molecule has 0 saturated heterocycles. The number of rotatable bonds is 19. The molecule has 1 N–H and O–H groups in total. The molecule has 252 valence electrons. The van der Waals surface area contributed by atoms with Gasteiger partial charge in [-0.15, -0.1) is 0 Å². The summed E-state index contributed by atoms with van der Waals surface area (Å²) in [5.74, 6) is 5.22. The summed E-state index contributed by atoms with van der Waals surface area (Å²) in [6.45, 7) is 10.2. The molecule has 47 heavy (non-hydrogen) atoms. The monoisotopic (exact) mass is 641 g/mol. The van der Waals surface area contributed by atoms with Crippen molar-refractivity contribution in [2.24, 2.45) is 11.8 Å². The summed E-state index contributed by atoms with van der Waals surface area (Å²) in [7, 11) is 3.27. The molecular weight excluding hydrogens is 590 g/mol. The van der Waals surface area contributed by atoms with Crippen LogP contribution in [-0.2, 0) is 0 Å². The van der Waals surface area contributed by atoms with E-state index in [0.29, 0.717) is 65.1 Å². The third-order valence-electron chi connectivity index (χ3n) is 8.65. The van der Waals surface area contributed by atoms with Crippen molar-refractivity contribution in [1.82, 2.24) is 15.0 Å². The van der Waals surface area contributed by atoms with Crippen molar-refractivity contribution in [2.75, 3.05) is 27.4 Å². The second-order valence-electron chi connectivity index (χ2n) is 12.0. The lowest BCUT2D eigenvalue weighted by atomic mass is 10.0. The van der Waals surface area contributed by atoms with Gasteiger partial charge in [0, 0.05) is 17.7 Å². The SMILES string of the molecule is CCCCC(CC)COc1ccc(-c2nc(-c3ccc(O)cc3)nc(-c3ccc(OCC(CC)CCCC)cc3OC)n2)c(OC)c1. The first-order valence-corrected chi connectivity index (χ1v) is 17.1. The highest BCUT2D eigenvalue weighted by Crippen LogP contribution is 2.37. The fraction of sp³-hybridized carbons (Fsp3) is 0.462. The highest BCUT2D eigenvalue weighted by Gasteiger charge is 2.19. The Hall–Kier alpha value is -4.33. The van der Waals surface area contributed by atoms with Gasteiger partial charge >= 0.3 is 0 Å². The van der Waals surface area contributed by atoms with E-state index < -0.39 is 0 Å². The van der Waals surface area contributed by atoms with Crippen LogP contribution in [0.2, 0.25) is 0 Å². The zero-order chi connectivity index (χ0) is 33.6. The van der Waals surface area contributed by atoms with Crippen LogP contribution in [0.3, 0.4) is 0 Å². The molecule has 1 aromatic heterocycles. The van der Waals surface area contributed by atoms with Gasteiger partial charge in [0.25, 0.3) is 0 Å². The Balaban J connectivity index is 1.70. The molecule has 0 saturated carbocycles. The average molecular weight is 642 g/mol. The maximum absolute atomic E-state index is 9.92. The Morgan fingerprint density at radius 3 is 1.45 bits per heavy atom. The lowest BCUT2D eigenvalue weighted by Crippen LogP contribution is -2.11. The summed E-state index contributed by atoms with van der Waals surface area (Å²) in [4.78, 5) is 14.6. The number of methoxy groups -OCH3 is 2. The summed E-state index contributed by atoms with van der Waals surface area (Å²) < 4.78 is 24.1. The predicted molar refractivity (Wildman–Crippen MR) is 189 cm³/mol. The van der Waals surface area contributed by atoms with Crippen molar-refractivity contribution in [3.8, 4) is 62.9 Å². The maximum Gasteiger partial charge on any atom is 0.167 e. The molecule has 3 aromatic carbocycles. The summed E-state index contributed by atoms with van der Waals surface area (Å²) >= 11 is 0. The van der Waals surface area contributed by atoms with Crippen LogP contribution in [0.1, 0.15) is 79.1 Å². The largest absolute Gasteiger partial charge is 0.508 e. The second-order valence-corrected chi connectivity index (χ2v) is 12.0. The van der Waals surface area contributed by atoms with Gasteiger partial charge in [-0.25, -0.2) is 15.0 Å². The Morgan fingerprint density at radius 1 is 0.596 bits per heavy atom. The van der Waals surface area contributed by atoms with Crippen LogP contribution < -0.4 is 18.9 Å². The van der Waals surface area contributed by atoms with Crippen LogP contribution in [0, 0.1) is 11.8 Å². The van der Waals surface area contributed by atoms with Crippen molar-refractivity contribution >= 4 is 0 Å². The molecular formula is C39H51N3O5. The molecule has 0 aliphatic rings. The van der Waals surface area contributed by atoms with Crippen molar-refractivity contribution in [3.05, 3.63) is 60.7 Å². The third-order valence-corrected chi connectivity index (χ3v) is 8.65. The topological polar surface area (TPSA) is 95.8 Å². The van der Waals surface area contributed by atoms with E-state index >= 15 is 0 Å². The fourth-order valence-electron chi connectivity index (χ4n) is 5.47. The quantitative estimate of drug-likeness (QED) is 0.108. The normalized spacial score (nSPS) is 12.4. The van der Waals surface area contributed by atoms with Crippen LogP contribution in [0.4, 0.5) is 0 Å². The number of phenolic OH excluding ortho intramolecular Hbond substituents is 1. The molecule has 0 amide bonds. The zero-order valence-corrected chi connectivity index (χ0v) is 28.9. The maximum atomic E-state index is 9.92. The van der Waals surface area contributed by atoms with E-state index in [0.717, 1.165) is 42.7 Å². The molecule has 0 bridgehead atoms. The fourth-order valence-corrected chi connectivity index (χ4v) is 5.47. The summed E-state index contributed by atoms with van der Waals surface area (Å²) in [5, 5.41) is 9.92. The number of nitrogens with zero attached hydrogens (tertiary/aromatic N) is 3. The van der Waals surface area contributed by atoms with Gasteiger partial charge in [-0.3, -0.25) is 0 Å². The smallest absolute Gasteiger partial charge is 0.167 e. The lowest BCUT2D eigenvalue weighted by Gasteiger charge is -2.17. The minimum atomic E-state index is 0.165. The number of hydrogen-bond acceptors (Lipinski definition) is 8. The highest BCUT2D eigenvalue weighted by atomic mass is 16.5. The highest BCUT2D eigenvalue weighted by molar-refractivity contribution is 5.73. The first kappa shape index (κ1) is 35.5. The van der Waals surface area contributed by atoms with Gasteiger partial charge in [0.05, 0.1) is 38.6 Å². The van der Waals surface area contributed by atoms with Gasteiger partial charge in [-0.05, 0) is 73.2 Å². The third kappa shape index (κ3) is 9.83. The molecule has 0 radical (unpaired) electrons. The zero-order valence-electron chi connectivity index (χ0n) is 28.9. The summed E-state index contributed by atoms with van der Waals surface area (Å²) in [6, 6.07) is 18.3. The van der Waals surface area contributed by atoms with Crippen molar-refractivity contribution in [2.45, 2.75) is 79.1 Å². The lowest BCUT2D eigenvalue weighted by molar-refractivity contribution is 0.232. The molecule has 0 aliphatic carbocycles. The number of phenols is 1. The van der Waals surface area contributed by atoms with Crippen LogP contribution in [0.5, 0.6) is 28.7 Å². The van der Waals surface area contributed by atoms with Gasteiger partial charge in [0.15, 0.2) is 17.5 Å². The Bertz CT molecular complexity index is 1450. The van der Waals surface area contributed by atoms with Gasteiger partial charge in [0.1, 0.15) is 28.7 Å². The number of aromatic nitrogens is 3. The Labute approximate surface area is 280 Å². The number of hydrogen-bond donors (Lipinski definition) is 1. The van der Waals surface area contributed by atoms with Crippen LogP contribution in [0.15, 0.2) is 60.7 Å². The first-order chi connectivity index (χ1) is 22.9. The van der Waals surface area contributed by atoms with E-state index in [2.05, 4.69) is 27.7 Å². The molecule has 4 aromatic rings. The van der Waals surface area contributed by atoms with E-state index in [1.807, 2.05) is 36.4 Å². The molecule has 8 heteroatoms. The molecule has 4 rings (SSSR count). The first-order valence-electron chi connectivity index (χ1n) is 17.1. The molecule has 2 atom stereocenters. The van der Waals surface area contributed by atoms with E-state index in [1.165, 1.54) is 25.7 Å². The Kier molecular flexibility index (Phi) is 13.7. The van der Waals surface area contributed by atoms with Gasteiger partial charge in [0.2, 0.25) is 0 Å². The molecule has 1 heterocycles. The van der Waals surface area contributed by atoms with E-state index in [-0.39, 0.29) is 5.75 Å². The second kappa shape index (κ2) is 18.1. The molecule has 0 fully saturated rings. The van der Waals surface area contributed by atoms with Crippen molar-refractivity contribution in [1.29, 1.82) is 0 Å². The van der Waals surface area contributed by atoms with E-state index in [1.54, 1.807) is 38.5 Å². The van der Waals surface area contributed by atoms with E-state index in [9.17, 15) is 5.11 Å². The Morgan fingerprint density at radius 2 is 1.04 bits per heavy atom. The standard InChI is InChI=1S/C39H51N3O5/c1-7-11-13-27(9-3)25-46-31-19-21-33(35(23-31)44-5)38-40-37(29-15-17-30(43)18-16-29)41-39(42-38)34-22-20-32(24-36(34)45-6)47-26-28(10-4)14-12-8-2/h15-24,27-28,43H,7-14,25-26H2,1-6H3. The minimum Gasteiger partial charge on any atom is -0.508 e. The van der Waals surface area contributed by atoms with Crippen LogP contribution in [0.25, 0.3) is 34.2 Å². The van der Waals surface area contributed by atoms with Crippen LogP contribution in [-0.4, -0.2) is 47.5 Å². The predicted octanol–water partition coefficient (Wildman–Crippen LogP) is 9.79. The van der Waals surface area contributed by atoms with Crippen molar-refractivity contribution < 1.29 is 24.1 Å². The average Bonchev–Trinajstić information content (AvgIpc) is 3.11. The molecule has 0 spiro atoms. The van der Waals surface area contributed by atoms with Crippen molar-refractivity contribution in [3.63, 3.8) is 0 Å². The van der Waals surface area contributed by atoms with Gasteiger partial charge < -0.3 is 24.1 Å². The molecule has 8 nitrogen and oxygen atoms in total. The van der Waals surface area contributed by atoms with Crippen LogP contribution >= 0.6 is 0 Å². The van der Waals surface area contributed by atoms with E-state index in [4.69, 9.17) is 33.9 Å². The molecule has 2 unspecified atom stereocenters. The number of aromatic hydroxyl groups is 1. The van der Waals surface area contributed by atoms with Gasteiger partial charge in [-0.1, -0.05) is 66.2 Å². The number of unbranched alkanes of at least 4 members (excludes halogenated alkanes) is 2. The minimum absolute atomic E-state index is 0.165. The summed E-state index contributed by atoms with van der Waals surface area (Å²) in [6.07, 6.45) is 9.25. The molecule has 0 aliphatic heterocycles. The van der Waals surface area contributed by atoms with Gasteiger partial charge in [-0.2, -0.15) is 0 Å². The summed E-state index contributed by atoms with van der Waals surface area (Å²) in [5.41, 5.74) is 2.15.